The van der Waals surface area contributed by atoms with Crippen molar-refractivity contribution in [2.75, 3.05) is 0 Å². The molecule has 1 saturated carbocycles. The molecule has 0 aromatic heterocycles. The smallest absolute Gasteiger partial charge is 0.0295 e. The van der Waals surface area contributed by atoms with Gasteiger partial charge in [-0.1, -0.05) is 33.6 Å². The topological polar surface area (TPSA) is 0 Å². The zero-order chi connectivity index (χ0) is 8.32. The minimum Gasteiger partial charge on any atom is -0.0654 e. The van der Waals surface area contributed by atoms with E-state index in [4.69, 9.17) is 0 Å². The first-order valence-electron chi connectivity index (χ1n) is 5.18. The second kappa shape index (κ2) is 3.60. The molecule has 0 aromatic rings. The molecular weight excluding hydrogens is 132 g/mol. The summed E-state index contributed by atoms with van der Waals surface area (Å²) in [5.74, 6) is 0.911. The van der Waals surface area contributed by atoms with Gasteiger partial charge in [-0.25, -0.2) is 0 Å². The molecule has 0 nitrogen and oxygen atoms in total. The number of hydrogen-bond acceptors (Lipinski definition) is 0. The van der Waals surface area contributed by atoms with Crippen LogP contribution in [0.15, 0.2) is 0 Å². The van der Waals surface area contributed by atoms with Crippen molar-refractivity contribution in [3.05, 3.63) is 0 Å². The fraction of sp³-hybridized carbons (Fsp3) is 1.00. The van der Waals surface area contributed by atoms with E-state index in [1.165, 1.54) is 38.5 Å². The molecule has 0 heterocycles. The molecule has 0 atom stereocenters. The second-order valence-corrected chi connectivity index (χ2v) is 4.70. The number of rotatable bonds is 5. The van der Waals surface area contributed by atoms with Crippen LogP contribution in [0.1, 0.15) is 59.3 Å². The van der Waals surface area contributed by atoms with Gasteiger partial charge < -0.3 is 0 Å². The van der Waals surface area contributed by atoms with Gasteiger partial charge >= 0.3 is 0 Å². The Hall–Kier alpha value is 0. The molecule has 11 heavy (non-hydrogen) atoms. The van der Waals surface area contributed by atoms with E-state index in [0.717, 1.165) is 11.3 Å². The molecule has 0 heteroatoms. The second-order valence-electron chi connectivity index (χ2n) is 4.70. The van der Waals surface area contributed by atoms with Crippen LogP contribution in [0.2, 0.25) is 0 Å². The van der Waals surface area contributed by atoms with Gasteiger partial charge in [0.2, 0.25) is 0 Å². The largest absolute Gasteiger partial charge is 0.0654 e. The Morgan fingerprint density at radius 1 is 1.27 bits per heavy atom. The Kier molecular flexibility index (Phi) is 2.98. The maximum absolute atomic E-state index is 2.35. The van der Waals surface area contributed by atoms with E-state index >= 15 is 0 Å². The average Bonchev–Trinajstić information content (AvgIpc) is 2.64. The maximum Gasteiger partial charge on any atom is -0.0295 e. The third-order valence-electron chi connectivity index (χ3n) is 2.86. The molecule has 0 radical (unpaired) electrons. The normalized spacial score (nSPS) is 20.7. The molecule has 1 fully saturated rings. The summed E-state index contributed by atoms with van der Waals surface area (Å²) in [5.41, 5.74) is 0.824. The van der Waals surface area contributed by atoms with Crippen molar-refractivity contribution in [2.45, 2.75) is 59.3 Å². The van der Waals surface area contributed by atoms with Crippen LogP contribution in [0.5, 0.6) is 0 Å². The highest BCUT2D eigenvalue weighted by Gasteiger charge is 2.41. The molecule has 0 aromatic carbocycles. The molecule has 0 saturated heterocycles. The summed E-state index contributed by atoms with van der Waals surface area (Å²) < 4.78 is 0. The van der Waals surface area contributed by atoms with Gasteiger partial charge in [0.15, 0.2) is 0 Å². The maximum atomic E-state index is 2.35. The Morgan fingerprint density at radius 2 is 1.91 bits per heavy atom. The van der Waals surface area contributed by atoms with Crippen LogP contribution in [0.4, 0.5) is 0 Å². The lowest BCUT2D eigenvalue weighted by Gasteiger charge is -2.16. The van der Waals surface area contributed by atoms with Crippen molar-refractivity contribution < 1.29 is 0 Å². The third kappa shape index (κ3) is 2.84. The first-order chi connectivity index (χ1) is 5.18. The molecule has 1 rings (SSSR count). The molecule has 0 amide bonds. The summed E-state index contributed by atoms with van der Waals surface area (Å²) in [6, 6.07) is 0. The highest BCUT2D eigenvalue weighted by atomic mass is 14.5. The van der Waals surface area contributed by atoms with Gasteiger partial charge in [-0.3, -0.25) is 0 Å². The summed E-state index contributed by atoms with van der Waals surface area (Å²) in [4.78, 5) is 0. The van der Waals surface area contributed by atoms with Crippen LogP contribution in [0, 0.1) is 11.3 Å². The van der Waals surface area contributed by atoms with Gasteiger partial charge in [-0.15, -0.1) is 0 Å². The van der Waals surface area contributed by atoms with Gasteiger partial charge in [0.05, 0.1) is 0 Å². The van der Waals surface area contributed by atoms with Crippen LogP contribution in [0.3, 0.4) is 0 Å². The SMILES string of the molecule is CCCCC1(CC(C)C)CC1. The molecule has 1 aliphatic rings. The van der Waals surface area contributed by atoms with Crippen molar-refractivity contribution in [3.8, 4) is 0 Å². The predicted octanol–water partition coefficient (Wildman–Crippen LogP) is 4.00. The summed E-state index contributed by atoms with van der Waals surface area (Å²) in [6.45, 7) is 7.00. The number of unbranched alkanes of at least 4 members (excludes halogenated alkanes) is 1. The minimum absolute atomic E-state index is 0.824. The van der Waals surface area contributed by atoms with Crippen molar-refractivity contribution in [2.24, 2.45) is 11.3 Å². The van der Waals surface area contributed by atoms with Crippen molar-refractivity contribution in [1.82, 2.24) is 0 Å². The summed E-state index contributed by atoms with van der Waals surface area (Å²) in [7, 11) is 0. The first kappa shape index (κ1) is 9.09. The van der Waals surface area contributed by atoms with E-state index in [0.29, 0.717) is 0 Å². The molecule has 0 N–H and O–H groups in total. The summed E-state index contributed by atoms with van der Waals surface area (Å²) >= 11 is 0. The molecule has 0 bridgehead atoms. The molecule has 0 spiro atoms. The fourth-order valence-corrected chi connectivity index (χ4v) is 2.15. The Morgan fingerprint density at radius 3 is 2.27 bits per heavy atom. The van der Waals surface area contributed by atoms with Crippen LogP contribution in [-0.4, -0.2) is 0 Å². The van der Waals surface area contributed by atoms with Crippen LogP contribution in [0.25, 0.3) is 0 Å². The molecular formula is C11H22. The van der Waals surface area contributed by atoms with E-state index in [1.807, 2.05) is 0 Å². The fourth-order valence-electron chi connectivity index (χ4n) is 2.15. The lowest BCUT2D eigenvalue weighted by molar-refractivity contribution is 0.354. The van der Waals surface area contributed by atoms with Gasteiger partial charge in [-0.05, 0) is 37.0 Å². The van der Waals surface area contributed by atoms with Gasteiger partial charge in [-0.2, -0.15) is 0 Å². The Balaban J connectivity index is 2.18. The molecule has 0 aliphatic heterocycles. The standard InChI is InChI=1S/C11H22/c1-4-5-6-11(7-8-11)9-10(2)3/h10H,4-9H2,1-3H3. The van der Waals surface area contributed by atoms with Crippen molar-refractivity contribution >= 4 is 0 Å². The first-order valence-corrected chi connectivity index (χ1v) is 5.18. The number of hydrogen-bond donors (Lipinski definition) is 0. The van der Waals surface area contributed by atoms with Crippen LogP contribution in [-0.2, 0) is 0 Å². The van der Waals surface area contributed by atoms with E-state index in [-0.39, 0.29) is 0 Å². The van der Waals surface area contributed by atoms with E-state index < -0.39 is 0 Å². The van der Waals surface area contributed by atoms with E-state index in [9.17, 15) is 0 Å². The lowest BCUT2D eigenvalue weighted by atomic mass is 9.89. The van der Waals surface area contributed by atoms with E-state index in [1.54, 1.807) is 0 Å². The zero-order valence-corrected chi connectivity index (χ0v) is 8.32. The van der Waals surface area contributed by atoms with Crippen molar-refractivity contribution in [1.29, 1.82) is 0 Å². The van der Waals surface area contributed by atoms with Gasteiger partial charge in [0, 0.05) is 0 Å². The highest BCUT2D eigenvalue weighted by Crippen LogP contribution is 2.54. The monoisotopic (exact) mass is 154 g/mol. The van der Waals surface area contributed by atoms with Crippen LogP contribution >= 0.6 is 0 Å². The summed E-state index contributed by atoms with van der Waals surface area (Å²) in [5, 5.41) is 0. The van der Waals surface area contributed by atoms with Crippen LogP contribution < -0.4 is 0 Å². The predicted molar refractivity (Wildman–Crippen MR) is 50.6 cm³/mol. The molecule has 1 aliphatic carbocycles. The zero-order valence-electron chi connectivity index (χ0n) is 8.32. The lowest BCUT2D eigenvalue weighted by Crippen LogP contribution is -2.04. The van der Waals surface area contributed by atoms with E-state index in [2.05, 4.69) is 20.8 Å². The average molecular weight is 154 g/mol. The Labute approximate surface area is 71.4 Å². The minimum atomic E-state index is 0.824. The third-order valence-corrected chi connectivity index (χ3v) is 2.86. The van der Waals surface area contributed by atoms with Crippen molar-refractivity contribution in [3.63, 3.8) is 0 Å². The summed E-state index contributed by atoms with van der Waals surface area (Å²) in [6.07, 6.45) is 8.84. The van der Waals surface area contributed by atoms with Gasteiger partial charge in [0.25, 0.3) is 0 Å². The quantitative estimate of drug-likeness (QED) is 0.561. The van der Waals surface area contributed by atoms with Gasteiger partial charge in [0.1, 0.15) is 0 Å². The molecule has 0 unspecified atom stereocenters. The molecule has 66 valence electrons. The highest BCUT2D eigenvalue weighted by molar-refractivity contribution is 4.93. The Bertz CT molecular complexity index is 109.